The molecule has 1 N–H and O–H groups in total. The molecule has 11 heavy (non-hydrogen) atoms. The molecule has 0 saturated heterocycles. The molecule has 0 radical (unpaired) electrons. The fourth-order valence-electron chi connectivity index (χ4n) is 0.357. The molecule has 0 aromatic heterocycles. The van der Waals surface area contributed by atoms with Gasteiger partial charge in [0, 0.05) is 20.1 Å². The second kappa shape index (κ2) is 4.21. The van der Waals surface area contributed by atoms with Crippen LogP contribution in [0.1, 0.15) is 0 Å². The van der Waals surface area contributed by atoms with E-state index in [1.807, 2.05) is 0 Å². The molecule has 0 aliphatic heterocycles. The van der Waals surface area contributed by atoms with Crippen LogP contribution in [0.25, 0.3) is 0 Å². The molecule has 0 amide bonds. The summed E-state index contributed by atoms with van der Waals surface area (Å²) in [6, 6.07) is 2.55. The van der Waals surface area contributed by atoms with Crippen molar-refractivity contribution in [2.24, 2.45) is 0 Å². The van der Waals surface area contributed by atoms with Crippen molar-refractivity contribution in [2.45, 2.75) is 0 Å². The smallest absolute Gasteiger partial charge is 0.211 e. The summed E-state index contributed by atoms with van der Waals surface area (Å²) in [6.07, 6.45) is 1.15. The molecule has 0 aromatic rings. The lowest BCUT2D eigenvalue weighted by Gasteiger charge is -2.08. The lowest BCUT2D eigenvalue weighted by molar-refractivity contribution is 0.509. The van der Waals surface area contributed by atoms with Gasteiger partial charge in [-0.2, -0.15) is 4.31 Å². The fraction of sp³-hybridized carbons (Fsp3) is 0.667. The number of sulfonamides is 1. The van der Waals surface area contributed by atoms with Gasteiger partial charge in [-0.1, -0.05) is 5.92 Å². The molecule has 0 unspecified atom stereocenters. The summed E-state index contributed by atoms with van der Waals surface area (Å²) in [6.45, 7) is 0.222. The maximum absolute atomic E-state index is 10.8. The predicted octanol–water partition coefficient (Wildman–Crippen LogP) is -0.942. The van der Waals surface area contributed by atoms with Crippen molar-refractivity contribution in [3.05, 3.63) is 0 Å². The van der Waals surface area contributed by atoms with E-state index in [2.05, 4.69) is 17.3 Å². The average Bonchev–Trinajstić information content (AvgIpc) is 1.86. The van der Waals surface area contributed by atoms with Gasteiger partial charge in [-0.15, -0.1) is 0 Å². The Balaban J connectivity index is 4.00. The van der Waals surface area contributed by atoms with Crippen LogP contribution in [0.3, 0.4) is 0 Å². The molecule has 0 heterocycles. The first-order chi connectivity index (χ1) is 4.98. The Labute approximate surface area is 67.6 Å². The van der Waals surface area contributed by atoms with Crippen LogP contribution in [-0.2, 0) is 10.0 Å². The molecule has 0 atom stereocenters. The van der Waals surface area contributed by atoms with Crippen molar-refractivity contribution in [3.8, 4) is 12.0 Å². The second-order valence-electron chi connectivity index (χ2n) is 2.07. The van der Waals surface area contributed by atoms with E-state index in [0.717, 1.165) is 6.26 Å². The highest BCUT2D eigenvalue weighted by Crippen LogP contribution is 1.89. The summed E-state index contributed by atoms with van der Waals surface area (Å²) < 4.78 is 22.7. The lowest BCUT2D eigenvalue weighted by Crippen LogP contribution is -2.25. The van der Waals surface area contributed by atoms with E-state index in [9.17, 15) is 8.42 Å². The first-order valence-electron chi connectivity index (χ1n) is 3.04. The fourth-order valence-corrected chi connectivity index (χ4v) is 0.656. The van der Waals surface area contributed by atoms with Gasteiger partial charge in [0.2, 0.25) is 10.0 Å². The van der Waals surface area contributed by atoms with Crippen molar-refractivity contribution >= 4 is 10.0 Å². The summed E-state index contributed by atoms with van der Waals surface area (Å²) in [5.41, 5.74) is 0. The zero-order valence-corrected chi connectivity index (χ0v) is 7.70. The van der Waals surface area contributed by atoms with E-state index in [-0.39, 0.29) is 6.54 Å². The van der Waals surface area contributed by atoms with E-state index in [0.29, 0.717) is 0 Å². The minimum atomic E-state index is -3.08. The van der Waals surface area contributed by atoms with Crippen LogP contribution >= 0.6 is 0 Å². The standard InChI is InChI=1S/C6H12N2O2S/c1-7-5-4-6-8(2)11(3,9)10/h7H,6H2,1-3H3. The van der Waals surface area contributed by atoms with Gasteiger partial charge < -0.3 is 5.32 Å². The van der Waals surface area contributed by atoms with Gasteiger partial charge in [-0.05, 0) is 0 Å². The third-order valence-electron chi connectivity index (χ3n) is 1.08. The quantitative estimate of drug-likeness (QED) is 0.436. The van der Waals surface area contributed by atoms with Crippen LogP contribution in [0.5, 0.6) is 0 Å². The van der Waals surface area contributed by atoms with Gasteiger partial charge in [0.15, 0.2) is 0 Å². The van der Waals surface area contributed by atoms with Gasteiger partial charge in [0.05, 0.1) is 12.8 Å². The van der Waals surface area contributed by atoms with Crippen molar-refractivity contribution in [1.82, 2.24) is 9.62 Å². The van der Waals surface area contributed by atoms with Crippen LogP contribution in [0.2, 0.25) is 0 Å². The maximum atomic E-state index is 10.8. The van der Waals surface area contributed by atoms with Crippen molar-refractivity contribution in [3.63, 3.8) is 0 Å². The molecule has 0 aliphatic rings. The van der Waals surface area contributed by atoms with Gasteiger partial charge in [0.25, 0.3) is 0 Å². The molecule has 64 valence electrons. The molecular weight excluding hydrogens is 164 g/mol. The summed E-state index contributed by atoms with van der Waals surface area (Å²) in [7, 11) is 0.0796. The van der Waals surface area contributed by atoms with E-state index in [1.54, 1.807) is 7.05 Å². The topological polar surface area (TPSA) is 49.4 Å². The number of nitrogens with zero attached hydrogens (tertiary/aromatic N) is 1. The molecule has 0 spiro atoms. The molecule has 4 nitrogen and oxygen atoms in total. The summed E-state index contributed by atoms with van der Waals surface area (Å²) in [5, 5.41) is 2.59. The van der Waals surface area contributed by atoms with Crippen molar-refractivity contribution < 1.29 is 8.42 Å². The van der Waals surface area contributed by atoms with E-state index < -0.39 is 10.0 Å². The molecule has 0 saturated carbocycles. The second-order valence-corrected chi connectivity index (χ2v) is 4.16. The molecule has 5 heteroatoms. The zero-order chi connectivity index (χ0) is 8.91. The van der Waals surface area contributed by atoms with Crippen molar-refractivity contribution in [2.75, 3.05) is 26.9 Å². The minimum Gasteiger partial charge on any atom is -0.349 e. The van der Waals surface area contributed by atoms with Gasteiger partial charge in [-0.25, -0.2) is 8.42 Å². The Kier molecular flexibility index (Phi) is 3.93. The monoisotopic (exact) mass is 176 g/mol. The number of hydrogen-bond acceptors (Lipinski definition) is 3. The highest BCUT2D eigenvalue weighted by Gasteiger charge is 2.07. The van der Waals surface area contributed by atoms with Crippen LogP contribution in [0.4, 0.5) is 0 Å². The summed E-state index contributed by atoms with van der Waals surface area (Å²) in [5.74, 6) is 2.63. The molecule has 0 bridgehead atoms. The summed E-state index contributed by atoms with van der Waals surface area (Å²) in [4.78, 5) is 0. The molecule has 0 rings (SSSR count). The molecule has 0 aliphatic carbocycles. The van der Waals surface area contributed by atoms with Crippen LogP contribution in [0.15, 0.2) is 0 Å². The van der Waals surface area contributed by atoms with Gasteiger partial charge in [0.1, 0.15) is 0 Å². The normalized spacial score (nSPS) is 10.5. The number of rotatable bonds is 2. The Bertz CT molecular complexity index is 260. The maximum Gasteiger partial charge on any atom is 0.211 e. The van der Waals surface area contributed by atoms with E-state index in [4.69, 9.17) is 0 Å². The average molecular weight is 176 g/mol. The number of hydrogen-bond donors (Lipinski definition) is 1. The first kappa shape index (κ1) is 10.3. The Morgan fingerprint density at radius 2 is 2.09 bits per heavy atom. The third kappa shape index (κ3) is 4.65. The Morgan fingerprint density at radius 3 is 2.45 bits per heavy atom. The van der Waals surface area contributed by atoms with Crippen LogP contribution in [-0.4, -0.2) is 39.6 Å². The SMILES string of the molecule is CNC#CCN(C)S(C)(=O)=O. The van der Waals surface area contributed by atoms with Crippen molar-refractivity contribution in [1.29, 1.82) is 0 Å². The molecular formula is C6H12N2O2S. The molecule has 0 aromatic carbocycles. The van der Waals surface area contributed by atoms with Gasteiger partial charge >= 0.3 is 0 Å². The van der Waals surface area contributed by atoms with Gasteiger partial charge in [-0.3, -0.25) is 0 Å². The highest BCUT2D eigenvalue weighted by molar-refractivity contribution is 7.88. The van der Waals surface area contributed by atoms with E-state index >= 15 is 0 Å². The lowest BCUT2D eigenvalue weighted by atomic mass is 10.6. The zero-order valence-electron chi connectivity index (χ0n) is 6.88. The number of nitrogens with one attached hydrogen (secondary N) is 1. The first-order valence-corrected chi connectivity index (χ1v) is 4.89. The molecule has 0 fully saturated rings. The predicted molar refractivity (Wildman–Crippen MR) is 44.3 cm³/mol. The van der Waals surface area contributed by atoms with E-state index in [1.165, 1.54) is 11.4 Å². The Morgan fingerprint density at radius 1 is 1.55 bits per heavy atom. The Hall–Kier alpha value is -0.730. The highest BCUT2D eigenvalue weighted by atomic mass is 32.2. The summed E-state index contributed by atoms with van der Waals surface area (Å²) >= 11 is 0. The largest absolute Gasteiger partial charge is 0.349 e. The third-order valence-corrected chi connectivity index (χ3v) is 2.34. The van der Waals surface area contributed by atoms with Crippen LogP contribution in [0, 0.1) is 12.0 Å². The minimum absolute atomic E-state index is 0.222. The van der Waals surface area contributed by atoms with Crippen LogP contribution < -0.4 is 5.32 Å².